The molecule has 0 bridgehead atoms. The quantitative estimate of drug-likeness (QED) is 0.864. The molecule has 1 aliphatic rings. The lowest BCUT2D eigenvalue weighted by Crippen LogP contribution is -2.06. The van der Waals surface area contributed by atoms with E-state index in [0.717, 1.165) is 23.8 Å². The van der Waals surface area contributed by atoms with Crippen LogP contribution in [0.25, 0.3) is 5.52 Å². The topological polar surface area (TPSA) is 80.6 Å². The zero-order valence-corrected chi connectivity index (χ0v) is 10.5. The Balaban J connectivity index is 2.27. The van der Waals surface area contributed by atoms with Crippen molar-refractivity contribution in [2.45, 2.75) is 12.3 Å². The second kappa shape index (κ2) is 4.20. The highest BCUT2D eigenvalue weighted by Crippen LogP contribution is 2.33. The van der Waals surface area contributed by atoms with Gasteiger partial charge in [-0.15, -0.1) is 0 Å². The second-order valence-electron chi connectivity index (χ2n) is 4.36. The third-order valence-corrected chi connectivity index (χ3v) is 4.38. The van der Waals surface area contributed by atoms with E-state index in [1.807, 2.05) is 11.8 Å². The molecule has 5 nitrogen and oxygen atoms in total. The van der Waals surface area contributed by atoms with Crippen LogP contribution in [0.2, 0.25) is 0 Å². The number of fused-ring (bicyclic) bond motifs is 1. The first-order valence-corrected chi connectivity index (χ1v) is 6.92. The molecule has 0 saturated carbocycles. The number of hydrogen-bond acceptors (Lipinski definition) is 4. The standard InChI is InChI=1S/C12H13N3O2S/c13-9-3-1-2-8-10(12(16)17)14-11(15(8)9)7-4-5-18-6-7/h1-3,7H,4-6,13H2,(H,16,17). The number of rotatable bonds is 2. The Hall–Kier alpha value is -1.69. The van der Waals surface area contributed by atoms with Crippen LogP contribution in [-0.4, -0.2) is 32.0 Å². The van der Waals surface area contributed by atoms with Crippen molar-refractivity contribution < 1.29 is 9.90 Å². The van der Waals surface area contributed by atoms with E-state index in [2.05, 4.69) is 4.98 Å². The highest BCUT2D eigenvalue weighted by molar-refractivity contribution is 7.99. The maximum absolute atomic E-state index is 11.2. The van der Waals surface area contributed by atoms with Crippen molar-refractivity contribution in [3.05, 3.63) is 29.7 Å². The third kappa shape index (κ3) is 1.64. The molecule has 2 aromatic rings. The Morgan fingerprint density at radius 3 is 3.06 bits per heavy atom. The molecule has 3 rings (SSSR count). The number of carbonyl (C=O) groups is 1. The number of hydrogen-bond donors (Lipinski definition) is 2. The van der Waals surface area contributed by atoms with Gasteiger partial charge in [0.2, 0.25) is 0 Å². The van der Waals surface area contributed by atoms with Gasteiger partial charge in [0.05, 0.1) is 5.52 Å². The summed E-state index contributed by atoms with van der Waals surface area (Å²) in [6, 6.07) is 5.27. The maximum atomic E-state index is 11.2. The van der Waals surface area contributed by atoms with Gasteiger partial charge in [-0.25, -0.2) is 9.78 Å². The molecule has 2 aromatic heterocycles. The van der Waals surface area contributed by atoms with Crippen molar-refractivity contribution in [2.75, 3.05) is 17.2 Å². The van der Waals surface area contributed by atoms with Crippen LogP contribution >= 0.6 is 11.8 Å². The Morgan fingerprint density at radius 1 is 1.56 bits per heavy atom. The summed E-state index contributed by atoms with van der Waals surface area (Å²) >= 11 is 1.87. The zero-order chi connectivity index (χ0) is 12.7. The number of carboxylic acid groups (broad SMARTS) is 1. The molecule has 1 saturated heterocycles. The van der Waals surface area contributed by atoms with Gasteiger partial charge in [-0.1, -0.05) is 6.07 Å². The van der Waals surface area contributed by atoms with Crippen LogP contribution in [0.4, 0.5) is 5.82 Å². The molecule has 6 heteroatoms. The van der Waals surface area contributed by atoms with E-state index in [4.69, 9.17) is 5.73 Å². The molecule has 0 aromatic carbocycles. The molecule has 1 aliphatic heterocycles. The fraction of sp³-hybridized carbons (Fsp3) is 0.333. The van der Waals surface area contributed by atoms with Gasteiger partial charge in [0, 0.05) is 11.7 Å². The molecular weight excluding hydrogens is 250 g/mol. The van der Waals surface area contributed by atoms with Gasteiger partial charge < -0.3 is 10.8 Å². The molecule has 0 radical (unpaired) electrons. The molecule has 0 spiro atoms. The van der Waals surface area contributed by atoms with Crippen LogP contribution in [0.15, 0.2) is 18.2 Å². The van der Waals surface area contributed by atoms with E-state index in [-0.39, 0.29) is 5.69 Å². The lowest BCUT2D eigenvalue weighted by molar-refractivity contribution is 0.0693. The lowest BCUT2D eigenvalue weighted by Gasteiger charge is -2.09. The summed E-state index contributed by atoms with van der Waals surface area (Å²) in [5.74, 6) is 2.68. The smallest absolute Gasteiger partial charge is 0.356 e. The molecular formula is C12H13N3O2S. The predicted molar refractivity (Wildman–Crippen MR) is 71.2 cm³/mol. The van der Waals surface area contributed by atoms with Crippen molar-refractivity contribution in [2.24, 2.45) is 0 Å². The van der Waals surface area contributed by atoms with Crippen LogP contribution in [0.3, 0.4) is 0 Å². The fourth-order valence-corrected chi connectivity index (χ4v) is 3.58. The summed E-state index contributed by atoms with van der Waals surface area (Å²) in [4.78, 5) is 15.5. The van der Waals surface area contributed by atoms with Gasteiger partial charge in [-0.2, -0.15) is 11.8 Å². The summed E-state index contributed by atoms with van der Waals surface area (Å²) in [6.45, 7) is 0. The van der Waals surface area contributed by atoms with Crippen molar-refractivity contribution in [1.82, 2.24) is 9.38 Å². The highest BCUT2D eigenvalue weighted by Gasteiger charge is 2.26. The van der Waals surface area contributed by atoms with E-state index in [0.29, 0.717) is 17.3 Å². The van der Waals surface area contributed by atoms with Crippen molar-refractivity contribution in [1.29, 1.82) is 0 Å². The number of anilines is 1. The average Bonchev–Trinajstić information content (AvgIpc) is 2.95. The summed E-state index contributed by atoms with van der Waals surface area (Å²) in [7, 11) is 0. The lowest BCUT2D eigenvalue weighted by atomic mass is 10.1. The fourth-order valence-electron chi connectivity index (χ4n) is 2.36. The SMILES string of the molecule is Nc1cccc2c(C(=O)O)nc(C3CCSC3)n12. The highest BCUT2D eigenvalue weighted by atomic mass is 32.2. The molecule has 94 valence electrons. The number of aromatic nitrogens is 2. The Morgan fingerprint density at radius 2 is 2.39 bits per heavy atom. The van der Waals surface area contributed by atoms with Crippen molar-refractivity contribution in [3.63, 3.8) is 0 Å². The second-order valence-corrected chi connectivity index (χ2v) is 5.51. The van der Waals surface area contributed by atoms with Gasteiger partial charge >= 0.3 is 5.97 Å². The molecule has 1 unspecified atom stereocenters. The van der Waals surface area contributed by atoms with Gasteiger partial charge in [0.25, 0.3) is 0 Å². The first-order chi connectivity index (χ1) is 8.68. The van der Waals surface area contributed by atoms with Crippen LogP contribution < -0.4 is 5.73 Å². The Kier molecular flexibility index (Phi) is 2.66. The summed E-state index contributed by atoms with van der Waals surface area (Å²) < 4.78 is 1.78. The molecule has 3 heterocycles. The van der Waals surface area contributed by atoms with Gasteiger partial charge in [-0.05, 0) is 24.3 Å². The molecule has 1 atom stereocenters. The molecule has 0 aliphatic carbocycles. The largest absolute Gasteiger partial charge is 0.476 e. The summed E-state index contributed by atoms with van der Waals surface area (Å²) in [6.07, 6.45) is 1.02. The average molecular weight is 263 g/mol. The minimum Gasteiger partial charge on any atom is -0.476 e. The van der Waals surface area contributed by atoms with E-state index >= 15 is 0 Å². The van der Waals surface area contributed by atoms with Gasteiger partial charge in [0.1, 0.15) is 11.6 Å². The number of imidazole rings is 1. The maximum Gasteiger partial charge on any atom is 0.356 e. The van der Waals surface area contributed by atoms with Gasteiger partial charge in [-0.3, -0.25) is 4.40 Å². The minimum absolute atomic E-state index is 0.0919. The van der Waals surface area contributed by atoms with E-state index in [9.17, 15) is 9.90 Å². The van der Waals surface area contributed by atoms with E-state index in [1.54, 1.807) is 22.6 Å². The molecule has 18 heavy (non-hydrogen) atoms. The monoisotopic (exact) mass is 263 g/mol. The van der Waals surface area contributed by atoms with Crippen LogP contribution in [0.5, 0.6) is 0 Å². The number of nitrogen functional groups attached to an aromatic ring is 1. The summed E-state index contributed by atoms with van der Waals surface area (Å²) in [5, 5.41) is 9.21. The van der Waals surface area contributed by atoms with Gasteiger partial charge in [0.15, 0.2) is 5.69 Å². The molecule has 3 N–H and O–H groups in total. The van der Waals surface area contributed by atoms with Crippen molar-refractivity contribution >= 4 is 29.1 Å². The Bertz CT molecular complexity index is 617. The minimum atomic E-state index is -1.00. The first kappa shape index (κ1) is 11.4. The van der Waals surface area contributed by atoms with E-state index in [1.165, 1.54) is 0 Å². The first-order valence-electron chi connectivity index (χ1n) is 5.76. The third-order valence-electron chi connectivity index (χ3n) is 3.22. The van der Waals surface area contributed by atoms with Crippen molar-refractivity contribution in [3.8, 4) is 0 Å². The number of aromatic carboxylic acids is 1. The number of nitrogens with two attached hydrogens (primary N) is 1. The number of pyridine rings is 1. The molecule has 1 fully saturated rings. The van der Waals surface area contributed by atoms with Crippen LogP contribution in [0, 0.1) is 0 Å². The van der Waals surface area contributed by atoms with Crippen LogP contribution in [0.1, 0.15) is 28.7 Å². The summed E-state index contributed by atoms with van der Waals surface area (Å²) in [5.41, 5.74) is 6.63. The molecule has 0 amide bonds. The zero-order valence-electron chi connectivity index (χ0n) is 9.67. The van der Waals surface area contributed by atoms with Crippen LogP contribution in [-0.2, 0) is 0 Å². The predicted octanol–water partition coefficient (Wildman–Crippen LogP) is 1.84. The normalized spacial score (nSPS) is 19.4. The number of thioether (sulfide) groups is 1. The van der Waals surface area contributed by atoms with E-state index < -0.39 is 5.97 Å². The number of carboxylic acids is 1. The number of nitrogens with zero attached hydrogens (tertiary/aromatic N) is 2. The Labute approximate surface area is 108 Å².